The number of rotatable bonds is 10. The lowest BCUT2D eigenvalue weighted by Gasteiger charge is -2.28. The molecule has 0 saturated heterocycles. The Morgan fingerprint density at radius 2 is 0.842 bits per heavy atom. The Morgan fingerprint density at radius 3 is 1.24 bits per heavy atom. The molecule has 0 bridgehead atoms. The first-order chi connectivity index (χ1) is 18.3. The summed E-state index contributed by atoms with van der Waals surface area (Å²) >= 11 is 0. The van der Waals surface area contributed by atoms with Gasteiger partial charge in [0.25, 0.3) is 0 Å². The van der Waals surface area contributed by atoms with Gasteiger partial charge >= 0.3 is 0 Å². The minimum absolute atomic E-state index is 0. The van der Waals surface area contributed by atoms with Crippen LogP contribution in [0.2, 0.25) is 0 Å². The van der Waals surface area contributed by atoms with E-state index < -0.39 is 7.26 Å². The van der Waals surface area contributed by atoms with Gasteiger partial charge in [0.15, 0.2) is 0 Å². The van der Waals surface area contributed by atoms with Crippen LogP contribution in [0, 0.1) is 0 Å². The molecule has 0 amide bonds. The zero-order valence-electron chi connectivity index (χ0n) is 22.1. The first-order valence-corrected chi connectivity index (χ1v) is 15.5. The van der Waals surface area contributed by atoms with E-state index in [4.69, 9.17) is 0 Å². The normalized spacial score (nSPS) is 11.1. The number of aryl methyl sites for hydroxylation is 1. The average molecular weight is 580 g/mol. The van der Waals surface area contributed by atoms with E-state index in [0.29, 0.717) is 0 Å². The van der Waals surface area contributed by atoms with Crippen molar-refractivity contribution in [2.24, 2.45) is 0 Å². The molecule has 0 fully saturated rings. The summed E-state index contributed by atoms with van der Waals surface area (Å²) in [5.74, 6) is 0. The fraction of sp³-hybridized carbons (Fsp3) is 0.167. The molecule has 0 aliphatic heterocycles. The van der Waals surface area contributed by atoms with Gasteiger partial charge in [-0.3, -0.25) is 0 Å². The van der Waals surface area contributed by atoms with Crippen LogP contribution in [0.4, 0.5) is 0 Å². The molecule has 0 heterocycles. The van der Waals surface area contributed by atoms with Crippen molar-refractivity contribution in [3.05, 3.63) is 151 Å². The van der Waals surface area contributed by atoms with Crippen LogP contribution in [-0.2, 0) is 12.6 Å². The van der Waals surface area contributed by atoms with Crippen molar-refractivity contribution in [2.45, 2.75) is 38.8 Å². The van der Waals surface area contributed by atoms with E-state index in [1.54, 1.807) is 0 Å². The van der Waals surface area contributed by atoms with E-state index >= 15 is 0 Å². The summed E-state index contributed by atoms with van der Waals surface area (Å²) in [5.41, 5.74) is 5.40. The van der Waals surface area contributed by atoms with Gasteiger partial charge in [0.1, 0.15) is 23.2 Å². The number of halogens is 1. The van der Waals surface area contributed by atoms with Crippen molar-refractivity contribution in [2.75, 3.05) is 0 Å². The second-order valence-electron chi connectivity index (χ2n) is 9.83. The van der Waals surface area contributed by atoms with Gasteiger partial charge in [-0.2, -0.15) is 0 Å². The van der Waals surface area contributed by atoms with Crippen molar-refractivity contribution < 1.29 is 17.0 Å². The Hall–Kier alpha value is -2.99. The molecule has 5 aromatic rings. The molecule has 0 spiro atoms. The zero-order valence-corrected chi connectivity index (χ0v) is 24.6. The lowest BCUT2D eigenvalue weighted by molar-refractivity contribution is -0.00000729. The van der Waals surface area contributed by atoms with Gasteiger partial charge in [0, 0.05) is 0 Å². The summed E-state index contributed by atoms with van der Waals surface area (Å²) < 4.78 is 0. The summed E-state index contributed by atoms with van der Waals surface area (Å²) in [6.07, 6.45) is 6.04. The van der Waals surface area contributed by atoms with Crippen LogP contribution in [-0.4, -0.2) is 0 Å². The van der Waals surface area contributed by atoms with E-state index in [1.165, 1.54) is 63.9 Å². The van der Waals surface area contributed by atoms with Gasteiger partial charge in [-0.05, 0) is 71.5 Å². The van der Waals surface area contributed by atoms with Gasteiger partial charge in [-0.15, -0.1) is 0 Å². The predicted octanol–water partition coefficient (Wildman–Crippen LogP) is 5.58. The minimum Gasteiger partial charge on any atom is -1.00 e. The van der Waals surface area contributed by atoms with Crippen LogP contribution in [0.3, 0.4) is 0 Å². The molecule has 0 radical (unpaired) electrons. The molecular formula is C36H36BrP. The monoisotopic (exact) mass is 578 g/mol. The lowest BCUT2D eigenvalue weighted by Crippen LogP contribution is -3.00. The molecule has 0 aliphatic rings. The Kier molecular flexibility index (Phi) is 10.1. The third kappa shape index (κ3) is 6.35. The van der Waals surface area contributed by atoms with Crippen LogP contribution < -0.4 is 32.9 Å². The minimum atomic E-state index is -1.88. The van der Waals surface area contributed by atoms with Crippen molar-refractivity contribution >= 4 is 23.2 Å². The molecule has 0 nitrogen and oxygen atoms in total. The van der Waals surface area contributed by atoms with E-state index in [9.17, 15) is 0 Å². The molecule has 0 N–H and O–H groups in total. The summed E-state index contributed by atoms with van der Waals surface area (Å²) in [6.45, 7) is 2.26. The lowest BCUT2D eigenvalue weighted by atomic mass is 10.0. The molecular weight excluding hydrogens is 543 g/mol. The van der Waals surface area contributed by atoms with Crippen LogP contribution in [0.15, 0.2) is 140 Å². The molecule has 0 saturated carbocycles. The zero-order chi connectivity index (χ0) is 25.3. The molecule has 2 heteroatoms. The highest BCUT2D eigenvalue weighted by atomic mass is 79.9. The summed E-state index contributed by atoms with van der Waals surface area (Å²) in [7, 11) is -1.88. The van der Waals surface area contributed by atoms with Crippen molar-refractivity contribution in [1.29, 1.82) is 0 Å². The van der Waals surface area contributed by atoms with E-state index in [1.807, 2.05) is 0 Å². The molecule has 0 unspecified atom stereocenters. The third-order valence-electron chi connectivity index (χ3n) is 7.32. The Labute approximate surface area is 239 Å². The molecule has 5 aromatic carbocycles. The molecule has 5 rings (SSSR count). The van der Waals surface area contributed by atoms with Crippen molar-refractivity contribution in [3.63, 3.8) is 0 Å². The van der Waals surface area contributed by atoms with Crippen molar-refractivity contribution in [3.8, 4) is 11.1 Å². The molecule has 38 heavy (non-hydrogen) atoms. The highest BCUT2D eigenvalue weighted by Crippen LogP contribution is 2.58. The Morgan fingerprint density at radius 1 is 0.447 bits per heavy atom. The first kappa shape index (κ1) is 28.0. The number of hydrogen-bond donors (Lipinski definition) is 0. The fourth-order valence-electron chi connectivity index (χ4n) is 5.29. The number of benzene rings is 5. The maximum atomic E-state index is 2.34. The Bertz CT molecular complexity index is 1270. The molecule has 0 aliphatic carbocycles. The maximum Gasteiger partial charge on any atom is 0.116 e. The second kappa shape index (κ2) is 13.7. The highest BCUT2D eigenvalue weighted by molar-refractivity contribution is 7.95. The number of hydrogen-bond acceptors (Lipinski definition) is 0. The predicted molar refractivity (Wildman–Crippen MR) is 164 cm³/mol. The quantitative estimate of drug-likeness (QED) is 0.150. The van der Waals surface area contributed by atoms with Gasteiger partial charge < -0.3 is 17.0 Å². The summed E-state index contributed by atoms with van der Waals surface area (Å²) in [4.78, 5) is 0. The van der Waals surface area contributed by atoms with Gasteiger partial charge in [0.2, 0.25) is 0 Å². The first-order valence-electron chi connectivity index (χ1n) is 13.5. The Balaban J connectivity index is 0.00000336. The number of unbranched alkanes of at least 4 members (excludes halogenated alkanes) is 2. The smallest absolute Gasteiger partial charge is 0.116 e. The molecule has 192 valence electrons. The van der Waals surface area contributed by atoms with E-state index in [0.717, 1.165) is 6.16 Å². The molecule has 0 aromatic heterocycles. The van der Waals surface area contributed by atoms with E-state index in [2.05, 4.69) is 146 Å². The van der Waals surface area contributed by atoms with Crippen LogP contribution in [0.1, 0.15) is 37.3 Å². The van der Waals surface area contributed by atoms with Gasteiger partial charge in [-0.1, -0.05) is 123 Å². The van der Waals surface area contributed by atoms with Crippen LogP contribution >= 0.6 is 7.26 Å². The largest absolute Gasteiger partial charge is 1.00 e. The van der Waals surface area contributed by atoms with Crippen molar-refractivity contribution in [1.82, 2.24) is 0 Å². The molecule has 0 atom stereocenters. The maximum absolute atomic E-state index is 2.34. The van der Waals surface area contributed by atoms with Crippen LogP contribution in [0.5, 0.6) is 0 Å². The van der Waals surface area contributed by atoms with Crippen LogP contribution in [0.25, 0.3) is 11.1 Å². The van der Waals surface area contributed by atoms with E-state index in [-0.39, 0.29) is 17.0 Å². The summed E-state index contributed by atoms with van der Waals surface area (Å²) in [6, 6.07) is 51.9. The SMILES string of the molecule is CCCCCc1ccc(-c2ccc(C[P+](c3ccccc3)(c3ccccc3)c3ccccc3)cc2)cc1.[Br-]. The fourth-order valence-corrected chi connectivity index (χ4v) is 9.53. The summed E-state index contributed by atoms with van der Waals surface area (Å²) in [5, 5.41) is 4.28. The van der Waals surface area contributed by atoms with Gasteiger partial charge in [-0.25, -0.2) is 0 Å². The average Bonchev–Trinajstić information content (AvgIpc) is 2.98. The highest BCUT2D eigenvalue weighted by Gasteiger charge is 2.45. The third-order valence-corrected chi connectivity index (χ3v) is 11.7. The van der Waals surface area contributed by atoms with Gasteiger partial charge in [0.05, 0.1) is 6.16 Å². The topological polar surface area (TPSA) is 0 Å². The second-order valence-corrected chi connectivity index (χ2v) is 13.3. The standard InChI is InChI=1S/C36H36P.BrH/c1-2-3-7-14-30-21-25-32(26-22-30)33-27-23-31(24-28-33)29-37(34-15-8-4-9-16-34,35-17-10-5-11-18-35)36-19-12-6-13-20-36;/h4-6,8-13,15-28H,2-3,7,14,29H2,1H3;1H/q+1;/p-1.